The highest BCUT2D eigenvalue weighted by atomic mass is 16.5. The van der Waals surface area contributed by atoms with Crippen LogP contribution in [-0.2, 0) is 16.0 Å². The lowest BCUT2D eigenvalue weighted by Crippen LogP contribution is -2.37. The van der Waals surface area contributed by atoms with E-state index in [0.29, 0.717) is 24.7 Å². The van der Waals surface area contributed by atoms with Gasteiger partial charge in [-0.2, -0.15) is 4.98 Å². The van der Waals surface area contributed by atoms with E-state index in [1.807, 2.05) is 4.90 Å². The summed E-state index contributed by atoms with van der Waals surface area (Å²) < 4.78 is 5.24. The van der Waals surface area contributed by atoms with Crippen molar-refractivity contribution in [2.75, 3.05) is 36.9 Å². The van der Waals surface area contributed by atoms with Crippen LogP contribution in [0.5, 0.6) is 0 Å². The van der Waals surface area contributed by atoms with Gasteiger partial charge in [-0.05, 0) is 0 Å². The summed E-state index contributed by atoms with van der Waals surface area (Å²) in [5.74, 6) is -0.168. The number of nitrogens with zero attached hydrogens (tertiary/aromatic N) is 3. The first-order chi connectivity index (χ1) is 8.15. The first kappa shape index (κ1) is 11.6. The second kappa shape index (κ2) is 4.96. The highest BCUT2D eigenvalue weighted by Crippen LogP contribution is 2.15. The van der Waals surface area contributed by atoms with Gasteiger partial charge in [0.05, 0.1) is 25.3 Å². The smallest absolute Gasteiger partial charge is 0.309 e. The molecule has 2 rings (SSSR count). The van der Waals surface area contributed by atoms with Gasteiger partial charge in [-0.15, -0.1) is 0 Å². The molecule has 0 atom stereocenters. The number of anilines is 2. The Morgan fingerprint density at radius 1 is 1.47 bits per heavy atom. The van der Waals surface area contributed by atoms with Gasteiger partial charge in [0.1, 0.15) is 5.82 Å². The Balaban J connectivity index is 2.20. The molecule has 0 bridgehead atoms. The number of ether oxygens (including phenoxy) is 1. The molecule has 2 heterocycles. The average Bonchev–Trinajstić information content (AvgIpc) is 2.28. The molecule has 7 heteroatoms. The highest BCUT2D eigenvalue weighted by Gasteiger charge is 2.15. The van der Waals surface area contributed by atoms with Gasteiger partial charge in [0.15, 0.2) is 0 Å². The summed E-state index contributed by atoms with van der Waals surface area (Å²) in [7, 11) is 0. The molecule has 1 aromatic heterocycles. The fourth-order valence-electron chi connectivity index (χ4n) is 1.70. The Labute approximate surface area is 98.2 Å². The molecular formula is C10H14N4O3. The number of carboxylic acid groups (broad SMARTS) is 1. The quantitative estimate of drug-likeness (QED) is 0.733. The molecule has 1 aromatic rings. The van der Waals surface area contributed by atoms with Gasteiger partial charge in [-0.1, -0.05) is 0 Å². The minimum absolute atomic E-state index is 0.102. The van der Waals surface area contributed by atoms with Crippen LogP contribution in [0.2, 0.25) is 0 Å². The number of nitrogens with two attached hydrogens (primary N) is 1. The van der Waals surface area contributed by atoms with Crippen LogP contribution >= 0.6 is 0 Å². The van der Waals surface area contributed by atoms with E-state index in [0.717, 1.165) is 13.1 Å². The van der Waals surface area contributed by atoms with E-state index >= 15 is 0 Å². The summed E-state index contributed by atoms with van der Waals surface area (Å²) in [5, 5.41) is 8.72. The number of hydrogen-bond acceptors (Lipinski definition) is 6. The van der Waals surface area contributed by atoms with Gasteiger partial charge >= 0.3 is 5.97 Å². The molecule has 1 fully saturated rings. The number of nitrogen functional groups attached to an aromatic ring is 1. The van der Waals surface area contributed by atoms with Crippen LogP contribution in [0.1, 0.15) is 5.69 Å². The topological polar surface area (TPSA) is 102 Å². The third kappa shape index (κ3) is 3.04. The zero-order valence-electron chi connectivity index (χ0n) is 9.30. The van der Waals surface area contributed by atoms with Crippen molar-refractivity contribution in [3.05, 3.63) is 11.8 Å². The Morgan fingerprint density at radius 3 is 2.82 bits per heavy atom. The molecule has 92 valence electrons. The van der Waals surface area contributed by atoms with E-state index in [-0.39, 0.29) is 12.4 Å². The summed E-state index contributed by atoms with van der Waals surface area (Å²) in [6.45, 7) is 2.72. The summed E-state index contributed by atoms with van der Waals surface area (Å²) in [5.41, 5.74) is 5.99. The zero-order valence-corrected chi connectivity index (χ0v) is 9.30. The molecule has 0 aliphatic carbocycles. The number of carboxylic acids is 1. The van der Waals surface area contributed by atoms with Crippen molar-refractivity contribution >= 4 is 17.7 Å². The first-order valence-electron chi connectivity index (χ1n) is 5.33. The summed E-state index contributed by atoms with van der Waals surface area (Å²) in [6, 6.07) is 1.66. The maximum atomic E-state index is 10.6. The minimum atomic E-state index is -0.934. The van der Waals surface area contributed by atoms with Crippen LogP contribution in [0.4, 0.5) is 11.8 Å². The van der Waals surface area contributed by atoms with Crippen molar-refractivity contribution in [1.29, 1.82) is 0 Å². The fourth-order valence-corrected chi connectivity index (χ4v) is 1.70. The molecule has 3 N–H and O–H groups in total. The van der Waals surface area contributed by atoms with E-state index in [4.69, 9.17) is 15.6 Å². The summed E-state index contributed by atoms with van der Waals surface area (Å²) in [4.78, 5) is 20.6. The van der Waals surface area contributed by atoms with Crippen LogP contribution in [0.3, 0.4) is 0 Å². The molecule has 1 aliphatic heterocycles. The molecule has 1 saturated heterocycles. The van der Waals surface area contributed by atoms with Gasteiger partial charge in [0.25, 0.3) is 0 Å². The number of carbonyl (C=O) groups is 1. The standard InChI is InChI=1S/C10H14N4O3/c11-10-12-7(6-9(15)16)5-8(13-10)14-1-3-17-4-2-14/h5H,1-4,6H2,(H,15,16)(H2,11,12,13). The van der Waals surface area contributed by atoms with Crippen molar-refractivity contribution in [2.45, 2.75) is 6.42 Å². The number of hydrogen-bond donors (Lipinski definition) is 2. The second-order valence-corrected chi connectivity index (χ2v) is 3.75. The van der Waals surface area contributed by atoms with Crippen LogP contribution in [0.15, 0.2) is 6.07 Å². The predicted molar refractivity (Wildman–Crippen MR) is 60.8 cm³/mol. The van der Waals surface area contributed by atoms with Gasteiger partial charge in [-0.25, -0.2) is 4.98 Å². The van der Waals surface area contributed by atoms with E-state index in [2.05, 4.69) is 9.97 Å². The Bertz CT molecular complexity index is 418. The van der Waals surface area contributed by atoms with E-state index in [1.54, 1.807) is 6.07 Å². The number of aliphatic carboxylic acids is 1. The average molecular weight is 238 g/mol. The largest absolute Gasteiger partial charge is 0.481 e. The highest BCUT2D eigenvalue weighted by molar-refractivity contribution is 5.70. The summed E-state index contributed by atoms with van der Waals surface area (Å²) in [6.07, 6.45) is -0.149. The summed E-state index contributed by atoms with van der Waals surface area (Å²) >= 11 is 0. The molecule has 1 aliphatic rings. The van der Waals surface area contributed by atoms with Gasteiger partial charge < -0.3 is 20.5 Å². The maximum Gasteiger partial charge on any atom is 0.309 e. The van der Waals surface area contributed by atoms with Crippen molar-refractivity contribution in [2.24, 2.45) is 0 Å². The molecule has 0 saturated carbocycles. The predicted octanol–water partition coefficient (Wildman–Crippen LogP) is -0.478. The van der Waals surface area contributed by atoms with Crippen molar-refractivity contribution in [3.63, 3.8) is 0 Å². The second-order valence-electron chi connectivity index (χ2n) is 3.75. The van der Waals surface area contributed by atoms with E-state index in [1.165, 1.54) is 0 Å². The van der Waals surface area contributed by atoms with Gasteiger partial charge in [0, 0.05) is 19.2 Å². The van der Waals surface area contributed by atoms with Crippen molar-refractivity contribution in [1.82, 2.24) is 9.97 Å². The minimum Gasteiger partial charge on any atom is -0.481 e. The lowest BCUT2D eigenvalue weighted by molar-refractivity contribution is -0.136. The fraction of sp³-hybridized carbons (Fsp3) is 0.500. The maximum absolute atomic E-state index is 10.6. The van der Waals surface area contributed by atoms with Crippen molar-refractivity contribution < 1.29 is 14.6 Å². The Hall–Kier alpha value is -1.89. The SMILES string of the molecule is Nc1nc(CC(=O)O)cc(N2CCOCC2)n1. The molecule has 0 amide bonds. The van der Waals surface area contributed by atoms with E-state index < -0.39 is 5.97 Å². The molecule has 0 aromatic carbocycles. The van der Waals surface area contributed by atoms with Crippen LogP contribution in [0, 0.1) is 0 Å². The number of morpholine rings is 1. The molecule has 0 spiro atoms. The Kier molecular flexibility index (Phi) is 3.38. The number of rotatable bonds is 3. The lowest BCUT2D eigenvalue weighted by atomic mass is 10.3. The lowest BCUT2D eigenvalue weighted by Gasteiger charge is -2.28. The molecule has 17 heavy (non-hydrogen) atoms. The van der Waals surface area contributed by atoms with Gasteiger partial charge in [0.2, 0.25) is 5.95 Å². The molecular weight excluding hydrogens is 224 g/mol. The van der Waals surface area contributed by atoms with Gasteiger partial charge in [-0.3, -0.25) is 4.79 Å². The Morgan fingerprint density at radius 2 is 2.18 bits per heavy atom. The third-order valence-electron chi connectivity index (χ3n) is 2.45. The van der Waals surface area contributed by atoms with E-state index in [9.17, 15) is 4.79 Å². The molecule has 7 nitrogen and oxygen atoms in total. The monoisotopic (exact) mass is 238 g/mol. The first-order valence-corrected chi connectivity index (χ1v) is 5.33. The van der Waals surface area contributed by atoms with Crippen LogP contribution in [-0.4, -0.2) is 47.3 Å². The zero-order chi connectivity index (χ0) is 12.3. The van der Waals surface area contributed by atoms with Crippen molar-refractivity contribution in [3.8, 4) is 0 Å². The number of aromatic nitrogens is 2. The van der Waals surface area contributed by atoms with Crippen LogP contribution in [0.25, 0.3) is 0 Å². The third-order valence-corrected chi connectivity index (χ3v) is 2.45. The molecule has 0 radical (unpaired) electrons. The normalized spacial score (nSPS) is 15.9. The molecule has 0 unspecified atom stereocenters. The van der Waals surface area contributed by atoms with Crippen LogP contribution < -0.4 is 10.6 Å².